The standard InChI is InChI=1S/C20H23N3O3/c1-13(22-14(2)24)11-18(21)16-9-6-10-17(12-16)19(20(25)23-26)15-7-4-3-5-8-15/h3-10,12-13,19,21,26H,11H2,1-2H3,(H,22,24)(H,23,25). The predicted molar refractivity (Wildman–Crippen MR) is 99.4 cm³/mol. The highest BCUT2D eigenvalue weighted by Gasteiger charge is 2.23. The minimum Gasteiger partial charge on any atom is -0.354 e. The Hall–Kier alpha value is -2.99. The lowest BCUT2D eigenvalue weighted by molar-refractivity contribution is -0.129. The summed E-state index contributed by atoms with van der Waals surface area (Å²) in [5.41, 5.74) is 4.18. The van der Waals surface area contributed by atoms with Crippen LogP contribution in [0.25, 0.3) is 0 Å². The van der Waals surface area contributed by atoms with Crippen molar-refractivity contribution in [1.29, 1.82) is 5.41 Å². The lowest BCUT2D eigenvalue weighted by Crippen LogP contribution is -2.32. The Labute approximate surface area is 152 Å². The Morgan fingerprint density at radius 2 is 1.73 bits per heavy atom. The van der Waals surface area contributed by atoms with E-state index in [1.807, 2.05) is 37.3 Å². The van der Waals surface area contributed by atoms with E-state index in [1.165, 1.54) is 6.92 Å². The lowest BCUT2D eigenvalue weighted by atomic mass is 9.88. The molecule has 0 radical (unpaired) electrons. The molecule has 0 aromatic heterocycles. The number of carbonyl (C=O) groups excluding carboxylic acids is 2. The van der Waals surface area contributed by atoms with Crippen molar-refractivity contribution in [1.82, 2.24) is 10.8 Å². The van der Waals surface area contributed by atoms with Crippen molar-refractivity contribution in [2.75, 3.05) is 0 Å². The monoisotopic (exact) mass is 353 g/mol. The summed E-state index contributed by atoms with van der Waals surface area (Å²) in [5.74, 6) is -1.35. The molecule has 26 heavy (non-hydrogen) atoms. The van der Waals surface area contributed by atoms with Gasteiger partial charge >= 0.3 is 0 Å². The van der Waals surface area contributed by atoms with Crippen LogP contribution in [0, 0.1) is 5.41 Å². The van der Waals surface area contributed by atoms with Gasteiger partial charge in [-0.1, -0.05) is 48.5 Å². The molecule has 0 fully saturated rings. The number of hydroxylamine groups is 1. The topological polar surface area (TPSA) is 102 Å². The molecule has 0 heterocycles. The fourth-order valence-corrected chi connectivity index (χ4v) is 2.93. The van der Waals surface area contributed by atoms with Crippen LogP contribution in [-0.2, 0) is 9.59 Å². The van der Waals surface area contributed by atoms with Crippen molar-refractivity contribution in [3.63, 3.8) is 0 Å². The number of nitrogens with one attached hydrogen (secondary N) is 3. The summed E-state index contributed by atoms with van der Waals surface area (Å²) in [5, 5.41) is 20.2. The Balaban J connectivity index is 2.29. The molecular formula is C20H23N3O3. The fraction of sp³-hybridized carbons (Fsp3) is 0.250. The van der Waals surface area contributed by atoms with Crippen molar-refractivity contribution < 1.29 is 14.8 Å². The summed E-state index contributed by atoms with van der Waals surface area (Å²) in [7, 11) is 0. The summed E-state index contributed by atoms with van der Waals surface area (Å²) in [6.07, 6.45) is 0.380. The summed E-state index contributed by atoms with van der Waals surface area (Å²) >= 11 is 0. The second kappa shape index (κ2) is 8.92. The van der Waals surface area contributed by atoms with Gasteiger partial charge in [-0.25, -0.2) is 5.48 Å². The van der Waals surface area contributed by atoms with Crippen molar-refractivity contribution in [2.24, 2.45) is 0 Å². The molecule has 0 aliphatic rings. The van der Waals surface area contributed by atoms with Crippen LogP contribution in [0.3, 0.4) is 0 Å². The van der Waals surface area contributed by atoms with Gasteiger partial charge in [0.1, 0.15) is 0 Å². The third-order valence-corrected chi connectivity index (χ3v) is 4.03. The van der Waals surface area contributed by atoms with Crippen molar-refractivity contribution in [2.45, 2.75) is 32.2 Å². The molecule has 0 saturated carbocycles. The van der Waals surface area contributed by atoms with E-state index in [4.69, 9.17) is 10.6 Å². The normalized spacial score (nSPS) is 12.7. The maximum absolute atomic E-state index is 12.2. The smallest absolute Gasteiger partial charge is 0.255 e. The highest BCUT2D eigenvalue weighted by Crippen LogP contribution is 2.26. The van der Waals surface area contributed by atoms with Crippen LogP contribution in [0.1, 0.15) is 42.9 Å². The third kappa shape index (κ3) is 5.00. The lowest BCUT2D eigenvalue weighted by Gasteiger charge is -2.18. The number of benzene rings is 2. The van der Waals surface area contributed by atoms with Crippen LogP contribution in [-0.4, -0.2) is 28.8 Å². The average Bonchev–Trinajstić information content (AvgIpc) is 2.62. The minimum atomic E-state index is -0.679. The number of rotatable bonds is 7. The van der Waals surface area contributed by atoms with Crippen LogP contribution in [0.5, 0.6) is 0 Å². The van der Waals surface area contributed by atoms with Crippen molar-refractivity contribution in [3.05, 3.63) is 71.3 Å². The SMILES string of the molecule is CC(=O)NC(C)CC(=N)c1cccc(C(C(=O)NO)c2ccccc2)c1. The Bertz CT molecular complexity index is 790. The van der Waals surface area contributed by atoms with E-state index in [-0.39, 0.29) is 11.9 Å². The van der Waals surface area contributed by atoms with Crippen molar-refractivity contribution in [3.8, 4) is 0 Å². The molecule has 136 valence electrons. The van der Waals surface area contributed by atoms with E-state index in [1.54, 1.807) is 29.7 Å². The highest BCUT2D eigenvalue weighted by atomic mass is 16.5. The first kappa shape index (κ1) is 19.3. The molecule has 6 nitrogen and oxygen atoms in total. The van der Waals surface area contributed by atoms with E-state index >= 15 is 0 Å². The maximum atomic E-state index is 12.2. The van der Waals surface area contributed by atoms with Crippen LogP contribution >= 0.6 is 0 Å². The summed E-state index contributed by atoms with van der Waals surface area (Å²) < 4.78 is 0. The number of amides is 2. The second-order valence-electron chi connectivity index (χ2n) is 6.23. The zero-order valence-corrected chi connectivity index (χ0v) is 14.8. The Morgan fingerprint density at radius 1 is 1.08 bits per heavy atom. The Morgan fingerprint density at radius 3 is 2.35 bits per heavy atom. The van der Waals surface area contributed by atoms with Gasteiger partial charge in [-0.05, 0) is 29.7 Å². The first-order valence-electron chi connectivity index (χ1n) is 8.36. The van der Waals surface area contributed by atoms with E-state index in [9.17, 15) is 9.59 Å². The summed E-state index contributed by atoms with van der Waals surface area (Å²) in [6.45, 7) is 3.28. The second-order valence-corrected chi connectivity index (χ2v) is 6.23. The van der Waals surface area contributed by atoms with Crippen molar-refractivity contribution >= 4 is 17.5 Å². The van der Waals surface area contributed by atoms with Crippen LogP contribution in [0.15, 0.2) is 54.6 Å². The summed E-state index contributed by atoms with van der Waals surface area (Å²) in [6, 6.07) is 16.1. The zero-order valence-electron chi connectivity index (χ0n) is 14.8. The van der Waals surface area contributed by atoms with E-state index in [0.29, 0.717) is 23.3 Å². The number of carbonyl (C=O) groups is 2. The van der Waals surface area contributed by atoms with E-state index in [2.05, 4.69) is 5.32 Å². The van der Waals surface area contributed by atoms with Gasteiger partial charge in [-0.3, -0.25) is 14.8 Å². The molecule has 6 heteroatoms. The molecule has 2 aromatic rings. The van der Waals surface area contributed by atoms with Crippen LogP contribution < -0.4 is 10.8 Å². The molecular weight excluding hydrogens is 330 g/mol. The van der Waals surface area contributed by atoms with Gasteiger partial charge < -0.3 is 10.7 Å². The van der Waals surface area contributed by atoms with Gasteiger partial charge in [0.25, 0.3) is 5.91 Å². The molecule has 2 aromatic carbocycles. The van der Waals surface area contributed by atoms with E-state index < -0.39 is 11.8 Å². The molecule has 0 spiro atoms. The van der Waals surface area contributed by atoms with Gasteiger partial charge in [0, 0.05) is 25.1 Å². The first-order chi connectivity index (χ1) is 12.4. The van der Waals surface area contributed by atoms with Gasteiger partial charge in [0.2, 0.25) is 5.91 Å². The van der Waals surface area contributed by atoms with Gasteiger partial charge in [-0.15, -0.1) is 0 Å². The molecule has 2 rings (SSSR count). The number of hydrogen-bond donors (Lipinski definition) is 4. The molecule has 2 amide bonds. The van der Waals surface area contributed by atoms with Gasteiger partial charge in [-0.2, -0.15) is 0 Å². The largest absolute Gasteiger partial charge is 0.354 e. The molecule has 2 unspecified atom stereocenters. The zero-order chi connectivity index (χ0) is 19.1. The fourth-order valence-electron chi connectivity index (χ4n) is 2.93. The molecule has 0 saturated heterocycles. The Kier molecular flexibility index (Phi) is 6.63. The number of hydrogen-bond acceptors (Lipinski definition) is 4. The third-order valence-electron chi connectivity index (χ3n) is 4.03. The predicted octanol–water partition coefficient (Wildman–Crippen LogP) is 2.61. The minimum absolute atomic E-state index is 0.136. The van der Waals surface area contributed by atoms with Gasteiger partial charge in [0.15, 0.2) is 0 Å². The molecule has 0 aliphatic heterocycles. The van der Waals surface area contributed by atoms with Crippen LogP contribution in [0.4, 0.5) is 0 Å². The maximum Gasteiger partial charge on any atom is 0.255 e. The quantitative estimate of drug-likeness (QED) is 0.349. The molecule has 4 N–H and O–H groups in total. The summed E-state index contributed by atoms with van der Waals surface area (Å²) in [4.78, 5) is 23.4. The molecule has 2 atom stereocenters. The molecule has 0 aliphatic carbocycles. The first-order valence-corrected chi connectivity index (χ1v) is 8.36. The average molecular weight is 353 g/mol. The highest BCUT2D eigenvalue weighted by molar-refractivity contribution is 5.99. The van der Waals surface area contributed by atoms with E-state index in [0.717, 1.165) is 5.56 Å². The van der Waals surface area contributed by atoms with Gasteiger partial charge in [0.05, 0.1) is 5.92 Å². The van der Waals surface area contributed by atoms with Crippen LogP contribution in [0.2, 0.25) is 0 Å². The molecule has 0 bridgehead atoms.